The Kier molecular flexibility index (Phi) is 3.00. The number of hydrogen-bond donors (Lipinski definition) is 1. The number of aryl methyl sites for hydroxylation is 1. The smallest absolute Gasteiger partial charge is 0.226 e. The molecule has 1 aromatic carbocycles. The molecule has 0 atom stereocenters. The lowest BCUT2D eigenvalue weighted by molar-refractivity contribution is 0.756. The van der Waals surface area contributed by atoms with Crippen LogP contribution in [-0.2, 0) is 13.0 Å². The minimum atomic E-state index is 0.238. The number of nitrogens with zero attached hydrogens (tertiary/aromatic N) is 4. The third kappa shape index (κ3) is 2.23. The Bertz CT molecular complexity index is 798. The summed E-state index contributed by atoms with van der Waals surface area (Å²) in [6.45, 7) is 1.77. The minimum absolute atomic E-state index is 0.238. The molecular weight excluding hydrogens is 286 g/mol. The van der Waals surface area contributed by atoms with Crippen LogP contribution in [0.15, 0.2) is 30.6 Å². The van der Waals surface area contributed by atoms with Crippen LogP contribution < -0.4 is 4.90 Å². The SMILES string of the molecule is Clc1nc(N2CCCc3ccccc3C2)c2[nH]cnc2n1. The van der Waals surface area contributed by atoms with Crippen molar-refractivity contribution in [1.82, 2.24) is 19.9 Å². The second-order valence-electron chi connectivity index (χ2n) is 5.21. The summed E-state index contributed by atoms with van der Waals surface area (Å²) in [5.41, 5.74) is 4.22. The molecule has 0 saturated heterocycles. The molecule has 6 heteroatoms. The normalized spacial score (nSPS) is 15.0. The third-order valence-corrected chi connectivity index (χ3v) is 4.06. The standard InChI is InChI=1S/C15H14ClN5/c16-15-19-13-12(17-9-18-13)14(20-15)21-7-3-6-10-4-1-2-5-11(10)8-21/h1-2,4-5,9H,3,6-8H2,(H,17,18,19,20). The van der Waals surface area contributed by atoms with Crippen molar-refractivity contribution in [2.45, 2.75) is 19.4 Å². The Balaban J connectivity index is 1.80. The maximum Gasteiger partial charge on any atom is 0.226 e. The molecule has 2 aromatic heterocycles. The number of benzene rings is 1. The molecule has 0 saturated carbocycles. The van der Waals surface area contributed by atoms with Gasteiger partial charge in [-0.15, -0.1) is 0 Å². The number of imidazole rings is 1. The highest BCUT2D eigenvalue weighted by atomic mass is 35.5. The first-order valence-electron chi connectivity index (χ1n) is 6.99. The third-order valence-electron chi connectivity index (χ3n) is 3.89. The molecule has 106 valence electrons. The second kappa shape index (κ2) is 5.00. The molecule has 21 heavy (non-hydrogen) atoms. The molecule has 0 bridgehead atoms. The van der Waals surface area contributed by atoms with E-state index in [1.54, 1.807) is 6.33 Å². The van der Waals surface area contributed by atoms with Crippen molar-refractivity contribution in [3.63, 3.8) is 0 Å². The first-order valence-corrected chi connectivity index (χ1v) is 7.37. The van der Waals surface area contributed by atoms with E-state index in [2.05, 4.69) is 49.1 Å². The van der Waals surface area contributed by atoms with Crippen molar-refractivity contribution in [3.8, 4) is 0 Å². The molecule has 0 aliphatic carbocycles. The highest BCUT2D eigenvalue weighted by Gasteiger charge is 2.19. The first-order chi connectivity index (χ1) is 10.3. The largest absolute Gasteiger partial charge is 0.350 e. The van der Waals surface area contributed by atoms with Crippen LogP contribution in [0.25, 0.3) is 11.2 Å². The van der Waals surface area contributed by atoms with Crippen LogP contribution in [0, 0.1) is 0 Å². The number of aromatic amines is 1. The lowest BCUT2D eigenvalue weighted by atomic mass is 10.0. The van der Waals surface area contributed by atoms with Crippen LogP contribution >= 0.6 is 11.6 Å². The van der Waals surface area contributed by atoms with E-state index in [0.717, 1.165) is 37.3 Å². The molecule has 1 aliphatic rings. The quantitative estimate of drug-likeness (QED) is 0.702. The highest BCUT2D eigenvalue weighted by Crippen LogP contribution is 2.27. The van der Waals surface area contributed by atoms with Crippen molar-refractivity contribution in [2.24, 2.45) is 0 Å². The van der Waals surface area contributed by atoms with Gasteiger partial charge in [-0.05, 0) is 35.6 Å². The van der Waals surface area contributed by atoms with Crippen LogP contribution in [0.2, 0.25) is 5.28 Å². The van der Waals surface area contributed by atoms with Gasteiger partial charge in [0.1, 0.15) is 5.52 Å². The fourth-order valence-electron chi connectivity index (χ4n) is 2.90. The van der Waals surface area contributed by atoms with Gasteiger partial charge in [-0.2, -0.15) is 9.97 Å². The molecule has 0 fully saturated rings. The first kappa shape index (κ1) is 12.6. The summed E-state index contributed by atoms with van der Waals surface area (Å²) in [6.07, 6.45) is 3.82. The van der Waals surface area contributed by atoms with Crippen LogP contribution in [0.1, 0.15) is 17.5 Å². The summed E-state index contributed by atoms with van der Waals surface area (Å²) in [7, 11) is 0. The van der Waals surface area contributed by atoms with E-state index in [9.17, 15) is 0 Å². The number of nitrogens with one attached hydrogen (secondary N) is 1. The van der Waals surface area contributed by atoms with Gasteiger partial charge in [-0.3, -0.25) is 0 Å². The van der Waals surface area contributed by atoms with Crippen molar-refractivity contribution in [2.75, 3.05) is 11.4 Å². The summed E-state index contributed by atoms with van der Waals surface area (Å²) in [5, 5.41) is 0.238. The molecule has 0 amide bonds. The number of H-pyrrole nitrogens is 1. The number of fused-ring (bicyclic) bond motifs is 2. The summed E-state index contributed by atoms with van der Waals surface area (Å²) in [6, 6.07) is 8.57. The van der Waals surface area contributed by atoms with Crippen molar-refractivity contribution in [1.29, 1.82) is 0 Å². The van der Waals surface area contributed by atoms with E-state index in [0.29, 0.717) is 5.65 Å². The van der Waals surface area contributed by atoms with E-state index in [-0.39, 0.29) is 5.28 Å². The zero-order valence-corrected chi connectivity index (χ0v) is 12.1. The number of hydrogen-bond acceptors (Lipinski definition) is 4. The average Bonchev–Trinajstić information content (AvgIpc) is 2.84. The Morgan fingerprint density at radius 3 is 2.90 bits per heavy atom. The molecular formula is C15H14ClN5. The van der Waals surface area contributed by atoms with Crippen LogP contribution in [-0.4, -0.2) is 26.5 Å². The lowest BCUT2D eigenvalue weighted by Crippen LogP contribution is -2.24. The highest BCUT2D eigenvalue weighted by molar-refractivity contribution is 6.28. The van der Waals surface area contributed by atoms with Gasteiger partial charge in [0.05, 0.1) is 6.33 Å². The van der Waals surface area contributed by atoms with Crippen LogP contribution in [0.4, 0.5) is 5.82 Å². The molecule has 0 spiro atoms. The maximum atomic E-state index is 6.04. The van der Waals surface area contributed by atoms with Crippen LogP contribution in [0.3, 0.4) is 0 Å². The zero-order valence-electron chi connectivity index (χ0n) is 11.4. The van der Waals surface area contributed by atoms with Crippen molar-refractivity contribution in [3.05, 3.63) is 47.0 Å². The van der Waals surface area contributed by atoms with Gasteiger partial charge in [0.15, 0.2) is 11.5 Å². The van der Waals surface area contributed by atoms with Crippen molar-refractivity contribution >= 4 is 28.6 Å². The molecule has 1 N–H and O–H groups in total. The lowest BCUT2D eigenvalue weighted by Gasteiger charge is -2.22. The van der Waals surface area contributed by atoms with Gasteiger partial charge in [0.2, 0.25) is 5.28 Å². The number of halogens is 1. The molecule has 1 aliphatic heterocycles. The predicted molar refractivity (Wildman–Crippen MR) is 82.5 cm³/mol. The predicted octanol–water partition coefficient (Wildman–Crippen LogP) is 2.96. The number of aromatic nitrogens is 4. The van der Waals surface area contributed by atoms with Gasteiger partial charge in [-0.25, -0.2) is 4.98 Å². The van der Waals surface area contributed by atoms with Crippen LogP contribution in [0.5, 0.6) is 0 Å². The molecule has 3 heterocycles. The number of anilines is 1. The van der Waals surface area contributed by atoms with Gasteiger partial charge in [-0.1, -0.05) is 24.3 Å². The fourth-order valence-corrected chi connectivity index (χ4v) is 3.06. The summed E-state index contributed by atoms with van der Waals surface area (Å²) < 4.78 is 0. The summed E-state index contributed by atoms with van der Waals surface area (Å²) in [4.78, 5) is 18.1. The Morgan fingerprint density at radius 2 is 2.00 bits per heavy atom. The average molecular weight is 300 g/mol. The topological polar surface area (TPSA) is 57.7 Å². The van der Waals surface area contributed by atoms with E-state index in [1.165, 1.54) is 11.1 Å². The Labute approximate surface area is 127 Å². The monoisotopic (exact) mass is 299 g/mol. The van der Waals surface area contributed by atoms with Crippen molar-refractivity contribution < 1.29 is 0 Å². The van der Waals surface area contributed by atoms with E-state index in [1.807, 2.05) is 0 Å². The summed E-state index contributed by atoms with van der Waals surface area (Å²) >= 11 is 6.04. The van der Waals surface area contributed by atoms with E-state index < -0.39 is 0 Å². The van der Waals surface area contributed by atoms with Gasteiger partial charge in [0, 0.05) is 13.1 Å². The second-order valence-corrected chi connectivity index (χ2v) is 5.55. The molecule has 0 unspecified atom stereocenters. The Morgan fingerprint density at radius 1 is 1.14 bits per heavy atom. The van der Waals surface area contributed by atoms with Gasteiger partial charge < -0.3 is 9.88 Å². The van der Waals surface area contributed by atoms with E-state index >= 15 is 0 Å². The Hall–Kier alpha value is -2.14. The minimum Gasteiger partial charge on any atom is -0.350 e. The zero-order chi connectivity index (χ0) is 14.2. The van der Waals surface area contributed by atoms with Gasteiger partial charge in [0.25, 0.3) is 0 Å². The van der Waals surface area contributed by atoms with Gasteiger partial charge >= 0.3 is 0 Å². The molecule has 4 rings (SSSR count). The summed E-state index contributed by atoms with van der Waals surface area (Å²) in [5.74, 6) is 0.833. The fraction of sp³-hybridized carbons (Fsp3) is 0.267. The molecule has 3 aromatic rings. The molecule has 5 nitrogen and oxygen atoms in total. The van der Waals surface area contributed by atoms with E-state index in [4.69, 9.17) is 11.6 Å². The molecule has 0 radical (unpaired) electrons. The maximum absolute atomic E-state index is 6.04. The number of rotatable bonds is 1.